The van der Waals surface area contributed by atoms with Crippen LogP contribution in [0.15, 0.2) is 41.4 Å². The number of nitrogens with one attached hydrogen (secondary N) is 1. The number of hydrogen-bond acceptors (Lipinski definition) is 4. The fourth-order valence-electron chi connectivity index (χ4n) is 2.44. The van der Waals surface area contributed by atoms with E-state index in [1.807, 2.05) is 6.07 Å². The molecule has 1 aliphatic heterocycles. The van der Waals surface area contributed by atoms with E-state index in [1.165, 1.54) is 12.1 Å². The molecule has 0 atom stereocenters. The third kappa shape index (κ3) is 3.81. The number of rotatable bonds is 4. The Morgan fingerprint density at radius 1 is 1.21 bits per heavy atom. The Morgan fingerprint density at radius 2 is 2.08 bits per heavy atom. The van der Waals surface area contributed by atoms with Crippen LogP contribution in [0.1, 0.15) is 23.2 Å². The van der Waals surface area contributed by atoms with Crippen molar-refractivity contribution in [2.75, 3.05) is 13.1 Å². The lowest BCUT2D eigenvalue weighted by molar-refractivity contribution is 0.586. The molecule has 2 aromatic rings. The van der Waals surface area contributed by atoms with Gasteiger partial charge in [-0.15, -0.1) is 0 Å². The van der Waals surface area contributed by atoms with E-state index in [0.29, 0.717) is 5.56 Å². The summed E-state index contributed by atoms with van der Waals surface area (Å²) >= 11 is 1.15. The molecular formula is C18H15F2N3S. The Labute approximate surface area is 143 Å². The molecular weight excluding hydrogens is 328 g/mol. The molecule has 1 N–H and O–H groups in total. The summed E-state index contributed by atoms with van der Waals surface area (Å²) in [5.41, 5.74) is 2.55. The van der Waals surface area contributed by atoms with Crippen molar-refractivity contribution in [3.05, 3.63) is 64.9 Å². The smallest absolute Gasteiger partial charge is 0.155 e. The summed E-state index contributed by atoms with van der Waals surface area (Å²) in [6.07, 6.45) is 2.91. The maximum Gasteiger partial charge on any atom is 0.155 e. The largest absolute Gasteiger partial charge is 0.313 e. The molecule has 1 aromatic carbocycles. The van der Waals surface area contributed by atoms with Gasteiger partial charge in [0.2, 0.25) is 0 Å². The van der Waals surface area contributed by atoms with E-state index in [2.05, 4.69) is 16.4 Å². The van der Waals surface area contributed by atoms with Crippen LogP contribution in [0.3, 0.4) is 0 Å². The Bertz CT molecular complexity index is 827. The first-order valence-corrected chi connectivity index (χ1v) is 8.54. The first kappa shape index (κ1) is 16.6. The number of nitrogens with zero attached hydrogens (tertiary/aromatic N) is 2. The van der Waals surface area contributed by atoms with Gasteiger partial charge in [-0.05, 0) is 48.4 Å². The molecule has 1 aliphatic rings. The van der Waals surface area contributed by atoms with Gasteiger partial charge in [-0.1, -0.05) is 23.9 Å². The lowest BCUT2D eigenvalue weighted by Crippen LogP contribution is -2.20. The molecule has 0 unspecified atom stereocenters. The average Bonchev–Trinajstić information content (AvgIpc) is 2.62. The van der Waals surface area contributed by atoms with Crippen LogP contribution in [0, 0.1) is 23.0 Å². The fraction of sp³-hybridized carbons (Fsp3) is 0.222. The molecule has 0 saturated heterocycles. The predicted octanol–water partition coefficient (Wildman–Crippen LogP) is 3.90. The summed E-state index contributed by atoms with van der Waals surface area (Å²) in [4.78, 5) is 4.39. The van der Waals surface area contributed by atoms with Gasteiger partial charge in [0.15, 0.2) is 5.82 Å². The standard InChI is InChI=1S/C18H15F2N3S/c19-15-3-4-17(13-5-7-22-8-6-13)23-18(15)24-11-14-2-1-12(10-21)9-16(14)20/h1-5,9,22H,6-8,11H2. The van der Waals surface area contributed by atoms with Crippen molar-refractivity contribution < 1.29 is 8.78 Å². The van der Waals surface area contributed by atoms with E-state index in [0.717, 1.165) is 42.5 Å². The molecule has 24 heavy (non-hydrogen) atoms. The summed E-state index contributed by atoms with van der Waals surface area (Å²) in [6.45, 7) is 1.66. The van der Waals surface area contributed by atoms with E-state index in [9.17, 15) is 8.78 Å². The number of benzene rings is 1. The van der Waals surface area contributed by atoms with Crippen molar-refractivity contribution in [1.29, 1.82) is 5.26 Å². The highest BCUT2D eigenvalue weighted by molar-refractivity contribution is 7.98. The average molecular weight is 343 g/mol. The Kier molecular flexibility index (Phi) is 5.24. The van der Waals surface area contributed by atoms with E-state index in [1.54, 1.807) is 18.2 Å². The first-order chi connectivity index (χ1) is 11.7. The number of pyridine rings is 1. The summed E-state index contributed by atoms with van der Waals surface area (Å²) in [5, 5.41) is 12.2. The molecule has 0 saturated carbocycles. The van der Waals surface area contributed by atoms with Crippen LogP contribution in [0.25, 0.3) is 5.57 Å². The van der Waals surface area contributed by atoms with Gasteiger partial charge in [-0.3, -0.25) is 0 Å². The fourth-order valence-corrected chi connectivity index (χ4v) is 3.33. The summed E-state index contributed by atoms with van der Waals surface area (Å²) in [5.74, 6) is -0.613. The van der Waals surface area contributed by atoms with Crippen LogP contribution in [-0.4, -0.2) is 18.1 Å². The van der Waals surface area contributed by atoms with Crippen LogP contribution in [0.4, 0.5) is 8.78 Å². The van der Waals surface area contributed by atoms with Gasteiger partial charge in [0.05, 0.1) is 17.3 Å². The highest BCUT2D eigenvalue weighted by Crippen LogP contribution is 2.28. The van der Waals surface area contributed by atoms with E-state index < -0.39 is 11.6 Å². The molecule has 122 valence electrons. The summed E-state index contributed by atoms with van der Waals surface area (Å²) < 4.78 is 27.9. The van der Waals surface area contributed by atoms with Crippen LogP contribution in [0.2, 0.25) is 0 Å². The molecule has 6 heteroatoms. The van der Waals surface area contributed by atoms with Crippen LogP contribution < -0.4 is 5.32 Å². The number of aromatic nitrogens is 1. The van der Waals surface area contributed by atoms with E-state index >= 15 is 0 Å². The third-order valence-electron chi connectivity index (χ3n) is 3.75. The van der Waals surface area contributed by atoms with Gasteiger partial charge >= 0.3 is 0 Å². The van der Waals surface area contributed by atoms with Crippen molar-refractivity contribution in [2.24, 2.45) is 0 Å². The van der Waals surface area contributed by atoms with Crippen molar-refractivity contribution in [3.8, 4) is 6.07 Å². The minimum atomic E-state index is -0.459. The van der Waals surface area contributed by atoms with Gasteiger partial charge in [0.1, 0.15) is 10.8 Å². The Morgan fingerprint density at radius 3 is 2.79 bits per heavy atom. The second kappa shape index (κ2) is 7.56. The molecule has 3 nitrogen and oxygen atoms in total. The second-order valence-electron chi connectivity index (χ2n) is 5.37. The van der Waals surface area contributed by atoms with E-state index in [4.69, 9.17) is 5.26 Å². The second-order valence-corrected chi connectivity index (χ2v) is 6.34. The SMILES string of the molecule is N#Cc1ccc(CSc2nc(C3=CCNCC3)ccc2F)c(F)c1. The zero-order valence-corrected chi connectivity index (χ0v) is 13.7. The molecule has 0 amide bonds. The number of hydrogen-bond donors (Lipinski definition) is 1. The monoisotopic (exact) mass is 343 g/mol. The summed E-state index contributed by atoms with van der Waals surface area (Å²) in [6, 6.07) is 9.27. The third-order valence-corrected chi connectivity index (χ3v) is 4.77. The van der Waals surface area contributed by atoms with Gasteiger partial charge in [-0.2, -0.15) is 5.26 Å². The maximum atomic E-state index is 14.0. The van der Waals surface area contributed by atoms with E-state index in [-0.39, 0.29) is 16.3 Å². The normalized spacial score (nSPS) is 14.1. The van der Waals surface area contributed by atoms with Crippen molar-refractivity contribution in [2.45, 2.75) is 17.2 Å². The number of nitriles is 1. The zero-order valence-electron chi connectivity index (χ0n) is 12.9. The van der Waals surface area contributed by atoms with Crippen LogP contribution in [0.5, 0.6) is 0 Å². The molecule has 0 aliphatic carbocycles. The Balaban J connectivity index is 1.77. The lowest BCUT2D eigenvalue weighted by Gasteiger charge is -2.14. The lowest BCUT2D eigenvalue weighted by atomic mass is 10.1. The highest BCUT2D eigenvalue weighted by atomic mass is 32.2. The molecule has 0 radical (unpaired) electrons. The predicted molar refractivity (Wildman–Crippen MR) is 90.3 cm³/mol. The van der Waals surface area contributed by atoms with Crippen LogP contribution >= 0.6 is 11.8 Å². The molecule has 1 aromatic heterocycles. The zero-order chi connectivity index (χ0) is 16.9. The van der Waals surface area contributed by atoms with Crippen molar-refractivity contribution >= 4 is 17.3 Å². The van der Waals surface area contributed by atoms with Gasteiger partial charge < -0.3 is 5.32 Å². The van der Waals surface area contributed by atoms with Crippen molar-refractivity contribution in [1.82, 2.24) is 10.3 Å². The molecule has 2 heterocycles. The Hall–Kier alpha value is -2.23. The minimum absolute atomic E-state index is 0.255. The number of halogens is 2. The van der Waals surface area contributed by atoms with Gasteiger partial charge in [0, 0.05) is 12.3 Å². The van der Waals surface area contributed by atoms with Crippen LogP contribution in [-0.2, 0) is 5.75 Å². The van der Waals surface area contributed by atoms with Crippen molar-refractivity contribution in [3.63, 3.8) is 0 Å². The molecule has 0 spiro atoms. The topological polar surface area (TPSA) is 48.7 Å². The molecule has 3 rings (SSSR count). The summed E-state index contributed by atoms with van der Waals surface area (Å²) in [7, 11) is 0. The minimum Gasteiger partial charge on any atom is -0.313 e. The first-order valence-electron chi connectivity index (χ1n) is 7.55. The number of thioether (sulfide) groups is 1. The highest BCUT2D eigenvalue weighted by Gasteiger charge is 2.12. The quantitative estimate of drug-likeness (QED) is 0.856. The molecule has 0 bridgehead atoms. The van der Waals surface area contributed by atoms with Gasteiger partial charge in [0.25, 0.3) is 0 Å². The molecule has 0 fully saturated rings. The maximum absolute atomic E-state index is 14.0. The van der Waals surface area contributed by atoms with Gasteiger partial charge in [-0.25, -0.2) is 13.8 Å².